The maximum Gasteiger partial charge on any atom is 0.0283 e. The standard InChI is InChI=1S/C8H9Br/c1-7-2-4-8(6-9)5-3-7/h2-5H,6H2,1H3/i1D3. The largest absolute Gasteiger partial charge is 0.0876 e. The Hall–Kier alpha value is -0.300. The molecule has 48 valence electrons. The number of alkyl halides is 1. The molecule has 0 aliphatic carbocycles. The quantitative estimate of drug-likeness (QED) is 0.594. The van der Waals surface area contributed by atoms with Gasteiger partial charge in [0.2, 0.25) is 0 Å². The topological polar surface area (TPSA) is 0 Å². The average molecular weight is 188 g/mol. The molecule has 1 heteroatoms. The van der Waals surface area contributed by atoms with E-state index in [0.717, 1.165) is 10.9 Å². The number of benzene rings is 1. The summed E-state index contributed by atoms with van der Waals surface area (Å²) in [6, 6.07) is 6.92. The van der Waals surface area contributed by atoms with Crippen LogP contribution in [0, 0.1) is 6.85 Å². The van der Waals surface area contributed by atoms with Crippen molar-refractivity contribution in [2.24, 2.45) is 0 Å². The Balaban J connectivity index is 2.93. The predicted molar refractivity (Wildman–Crippen MR) is 43.8 cm³/mol. The third kappa shape index (κ3) is 1.83. The van der Waals surface area contributed by atoms with Crippen molar-refractivity contribution in [3.8, 4) is 0 Å². The van der Waals surface area contributed by atoms with Crippen LogP contribution in [0.15, 0.2) is 24.3 Å². The zero-order chi connectivity index (χ0) is 9.19. The molecule has 0 spiro atoms. The Bertz CT molecular complexity index is 250. The summed E-state index contributed by atoms with van der Waals surface area (Å²) < 4.78 is 21.4. The lowest BCUT2D eigenvalue weighted by Crippen LogP contribution is -1.75. The maximum atomic E-state index is 7.12. The molecule has 0 amide bonds. The Morgan fingerprint density at radius 1 is 1.44 bits per heavy atom. The molecule has 0 aliphatic rings. The lowest BCUT2D eigenvalue weighted by atomic mass is 10.2. The van der Waals surface area contributed by atoms with Crippen molar-refractivity contribution in [1.82, 2.24) is 0 Å². The van der Waals surface area contributed by atoms with Gasteiger partial charge >= 0.3 is 0 Å². The molecule has 1 rings (SSSR count). The monoisotopic (exact) mass is 187 g/mol. The molecule has 0 N–H and O–H groups in total. The first-order valence-electron chi connectivity index (χ1n) is 4.19. The molecule has 0 fully saturated rings. The molecule has 0 atom stereocenters. The predicted octanol–water partition coefficient (Wildman–Crippen LogP) is 2.89. The molecule has 1 aromatic rings. The van der Waals surface area contributed by atoms with Crippen LogP contribution in [0.3, 0.4) is 0 Å². The highest BCUT2D eigenvalue weighted by Gasteiger charge is 1.85. The van der Waals surface area contributed by atoms with Crippen LogP contribution in [0.1, 0.15) is 15.2 Å². The Morgan fingerprint density at radius 3 is 2.56 bits per heavy atom. The van der Waals surface area contributed by atoms with Crippen molar-refractivity contribution in [2.45, 2.75) is 12.2 Å². The number of hydrogen-bond acceptors (Lipinski definition) is 0. The van der Waals surface area contributed by atoms with Crippen LogP contribution in [-0.4, -0.2) is 0 Å². The SMILES string of the molecule is [2H]C([2H])([2H])c1ccc(CBr)cc1. The lowest BCUT2D eigenvalue weighted by molar-refractivity contribution is 1.38. The smallest absolute Gasteiger partial charge is 0.0283 e. The Labute approximate surface area is 68.2 Å². The van der Waals surface area contributed by atoms with Crippen molar-refractivity contribution < 1.29 is 4.11 Å². The first-order valence-corrected chi connectivity index (χ1v) is 3.81. The summed E-state index contributed by atoms with van der Waals surface area (Å²) in [5.74, 6) is 0. The van der Waals surface area contributed by atoms with Crippen molar-refractivity contribution in [3.63, 3.8) is 0 Å². The fourth-order valence-electron chi connectivity index (χ4n) is 0.594. The van der Waals surface area contributed by atoms with Gasteiger partial charge in [0, 0.05) is 9.44 Å². The molecule has 0 nitrogen and oxygen atoms in total. The first kappa shape index (κ1) is 3.77. The normalized spacial score (nSPS) is 15.9. The number of rotatable bonds is 1. The van der Waals surface area contributed by atoms with Gasteiger partial charge in [-0.1, -0.05) is 45.8 Å². The van der Waals surface area contributed by atoms with Gasteiger partial charge in [-0.15, -0.1) is 0 Å². The number of aryl methyl sites for hydroxylation is 1. The van der Waals surface area contributed by atoms with E-state index in [1.54, 1.807) is 12.1 Å². The molecular weight excluding hydrogens is 176 g/mol. The van der Waals surface area contributed by atoms with Crippen LogP contribution in [0.4, 0.5) is 0 Å². The third-order valence-electron chi connectivity index (χ3n) is 1.11. The molecular formula is C8H9Br. The minimum absolute atomic E-state index is 0.396. The molecule has 0 bridgehead atoms. The molecule has 0 saturated carbocycles. The summed E-state index contributed by atoms with van der Waals surface area (Å²) in [5.41, 5.74) is 1.48. The zero-order valence-corrected chi connectivity index (χ0v) is 6.48. The second-order valence-corrected chi connectivity index (χ2v) is 2.39. The lowest BCUT2D eigenvalue weighted by Gasteiger charge is -1.93. The van der Waals surface area contributed by atoms with Crippen LogP contribution in [0.2, 0.25) is 0 Å². The highest BCUT2D eigenvalue weighted by Crippen LogP contribution is 2.05. The van der Waals surface area contributed by atoms with Crippen LogP contribution in [0.5, 0.6) is 0 Å². The third-order valence-corrected chi connectivity index (χ3v) is 1.76. The highest BCUT2D eigenvalue weighted by atomic mass is 79.9. The second-order valence-electron chi connectivity index (χ2n) is 1.83. The Morgan fingerprint density at radius 2 is 2.11 bits per heavy atom. The van der Waals surface area contributed by atoms with Crippen LogP contribution in [0.25, 0.3) is 0 Å². The van der Waals surface area contributed by atoms with E-state index in [9.17, 15) is 0 Å². The number of hydrogen-bond donors (Lipinski definition) is 0. The highest BCUT2D eigenvalue weighted by molar-refractivity contribution is 9.08. The summed E-state index contributed by atoms with van der Waals surface area (Å²) in [6.45, 7) is -1.98. The summed E-state index contributed by atoms with van der Waals surface area (Å²) in [4.78, 5) is 0. The van der Waals surface area contributed by atoms with Crippen LogP contribution in [-0.2, 0) is 5.33 Å². The van der Waals surface area contributed by atoms with Gasteiger partial charge in [-0.05, 0) is 12.4 Å². The van der Waals surface area contributed by atoms with Gasteiger partial charge in [0.1, 0.15) is 0 Å². The molecule has 0 unspecified atom stereocenters. The minimum Gasteiger partial charge on any atom is -0.0876 e. The molecule has 0 heterocycles. The molecule has 9 heavy (non-hydrogen) atoms. The van der Waals surface area contributed by atoms with Crippen molar-refractivity contribution in [2.75, 3.05) is 0 Å². The van der Waals surface area contributed by atoms with E-state index in [0.29, 0.717) is 5.56 Å². The zero-order valence-electron chi connectivity index (χ0n) is 7.89. The van der Waals surface area contributed by atoms with E-state index in [1.165, 1.54) is 0 Å². The summed E-state index contributed by atoms with van der Waals surface area (Å²) in [6.07, 6.45) is 0. The van der Waals surface area contributed by atoms with Crippen molar-refractivity contribution in [1.29, 1.82) is 0 Å². The van der Waals surface area contributed by atoms with Gasteiger partial charge in [-0.2, -0.15) is 0 Å². The minimum atomic E-state index is -1.98. The molecule has 0 saturated heterocycles. The van der Waals surface area contributed by atoms with Crippen LogP contribution >= 0.6 is 15.9 Å². The molecule has 1 aromatic carbocycles. The molecule has 0 aromatic heterocycles. The van der Waals surface area contributed by atoms with Gasteiger partial charge in [-0.3, -0.25) is 0 Å². The van der Waals surface area contributed by atoms with E-state index >= 15 is 0 Å². The fraction of sp³-hybridized carbons (Fsp3) is 0.250. The van der Waals surface area contributed by atoms with Gasteiger partial charge in [0.25, 0.3) is 0 Å². The molecule has 0 aliphatic heterocycles. The van der Waals surface area contributed by atoms with E-state index in [1.807, 2.05) is 12.1 Å². The summed E-state index contributed by atoms with van der Waals surface area (Å²) in [7, 11) is 0. The van der Waals surface area contributed by atoms with E-state index < -0.39 is 6.85 Å². The van der Waals surface area contributed by atoms with Crippen molar-refractivity contribution >= 4 is 15.9 Å². The summed E-state index contributed by atoms with van der Waals surface area (Å²) >= 11 is 3.29. The second kappa shape index (κ2) is 3.02. The summed E-state index contributed by atoms with van der Waals surface area (Å²) in [5, 5.41) is 0.758. The fourth-order valence-corrected chi connectivity index (χ4v) is 0.968. The maximum absolute atomic E-state index is 7.12. The average Bonchev–Trinajstić information content (AvgIpc) is 2.03. The molecule has 0 radical (unpaired) electrons. The Kier molecular flexibility index (Phi) is 1.26. The van der Waals surface area contributed by atoms with Crippen molar-refractivity contribution in [3.05, 3.63) is 35.4 Å². The first-order chi connectivity index (χ1) is 5.54. The van der Waals surface area contributed by atoms with Gasteiger partial charge in [-0.25, -0.2) is 0 Å². The van der Waals surface area contributed by atoms with Gasteiger partial charge in [0.05, 0.1) is 0 Å². The van der Waals surface area contributed by atoms with E-state index in [2.05, 4.69) is 15.9 Å². The van der Waals surface area contributed by atoms with Gasteiger partial charge < -0.3 is 0 Å². The van der Waals surface area contributed by atoms with E-state index in [4.69, 9.17) is 4.11 Å². The number of halogens is 1. The van der Waals surface area contributed by atoms with E-state index in [-0.39, 0.29) is 0 Å². The van der Waals surface area contributed by atoms with Crippen LogP contribution < -0.4 is 0 Å². The van der Waals surface area contributed by atoms with Gasteiger partial charge in [0.15, 0.2) is 0 Å².